The van der Waals surface area contributed by atoms with E-state index in [1.807, 2.05) is 4.90 Å². The minimum atomic E-state index is -0.186. The van der Waals surface area contributed by atoms with E-state index in [1.54, 1.807) is 0 Å². The van der Waals surface area contributed by atoms with Gasteiger partial charge in [0.15, 0.2) is 0 Å². The number of unbranched alkanes of at least 4 members (excludes halogenated alkanes) is 4. The molecule has 1 aliphatic heterocycles. The van der Waals surface area contributed by atoms with Gasteiger partial charge in [0.25, 0.3) is 0 Å². The van der Waals surface area contributed by atoms with E-state index in [9.17, 15) is 4.79 Å². The van der Waals surface area contributed by atoms with Crippen molar-refractivity contribution < 1.29 is 4.79 Å². The van der Waals surface area contributed by atoms with Gasteiger partial charge in [-0.2, -0.15) is 0 Å². The van der Waals surface area contributed by atoms with Crippen LogP contribution < -0.4 is 0 Å². The van der Waals surface area contributed by atoms with Crippen molar-refractivity contribution in [3.05, 3.63) is 0 Å². The molecule has 0 N–H and O–H groups in total. The topological polar surface area (TPSA) is 20.3 Å². The minimum Gasteiger partial charge on any atom is -0.273 e. The van der Waals surface area contributed by atoms with Gasteiger partial charge in [0.2, 0.25) is 5.91 Å². The third kappa shape index (κ3) is 2.18. The van der Waals surface area contributed by atoms with Gasteiger partial charge in [0.05, 0.1) is 11.5 Å². The van der Waals surface area contributed by atoms with Crippen LogP contribution in [0.15, 0.2) is 0 Å². The van der Waals surface area contributed by atoms with Gasteiger partial charge in [-0.25, -0.2) is 0 Å². The lowest BCUT2D eigenvalue weighted by Gasteiger charge is -2.29. The van der Waals surface area contributed by atoms with Crippen LogP contribution in [0.25, 0.3) is 0 Å². The Morgan fingerprint density at radius 2 is 2.00 bits per heavy atom. The van der Waals surface area contributed by atoms with Gasteiger partial charge in [-0.1, -0.05) is 52.9 Å². The molecule has 2 nitrogen and oxygen atoms in total. The highest BCUT2D eigenvalue weighted by Crippen LogP contribution is 2.60. The second-order valence-electron chi connectivity index (χ2n) is 6.88. The highest BCUT2D eigenvalue weighted by Gasteiger charge is 2.65. The molecule has 106 valence electrons. The third-order valence-corrected chi connectivity index (χ3v) is 5.53. The summed E-state index contributed by atoms with van der Waals surface area (Å²) >= 11 is 0. The van der Waals surface area contributed by atoms with E-state index in [4.69, 9.17) is 0 Å². The molecule has 0 spiro atoms. The van der Waals surface area contributed by atoms with Crippen molar-refractivity contribution in [3.8, 4) is 12.0 Å². The molecule has 2 rings (SSSR count). The van der Waals surface area contributed by atoms with E-state index in [1.165, 1.54) is 19.3 Å². The molecule has 2 atom stereocenters. The van der Waals surface area contributed by atoms with E-state index in [2.05, 4.69) is 39.7 Å². The maximum Gasteiger partial charge on any atom is 0.240 e. The van der Waals surface area contributed by atoms with Gasteiger partial charge >= 0.3 is 0 Å². The highest BCUT2D eigenvalue weighted by atomic mass is 16.2. The van der Waals surface area contributed by atoms with Crippen LogP contribution in [-0.2, 0) is 4.79 Å². The molecule has 2 heteroatoms. The van der Waals surface area contributed by atoms with Crippen LogP contribution in [0, 0.1) is 22.8 Å². The predicted octanol–water partition coefficient (Wildman–Crippen LogP) is 3.95. The van der Waals surface area contributed by atoms with Crippen LogP contribution in [0.2, 0.25) is 0 Å². The van der Waals surface area contributed by atoms with Gasteiger partial charge in [-0.05, 0) is 19.3 Å². The zero-order valence-electron chi connectivity index (χ0n) is 12.9. The molecule has 2 aliphatic rings. The first-order valence-electron chi connectivity index (χ1n) is 7.77. The standard InChI is InChI=1S/C17H27NO/c1-5-6-7-8-9-10-13-18-14-11-12-17(4,15(18)19)16(14,2)3/h14H,5-9,11-12H2,1-4H3/t14-,17-/m1/s1. The summed E-state index contributed by atoms with van der Waals surface area (Å²) in [5, 5.41) is 0. The van der Waals surface area contributed by atoms with Crippen LogP contribution in [-0.4, -0.2) is 16.8 Å². The molecule has 1 saturated heterocycles. The molecular weight excluding hydrogens is 234 g/mol. The fourth-order valence-electron chi connectivity index (χ4n) is 3.63. The summed E-state index contributed by atoms with van der Waals surface area (Å²) in [6.07, 6.45) is 8.02. The zero-order valence-corrected chi connectivity index (χ0v) is 12.9. The van der Waals surface area contributed by atoms with Crippen LogP contribution in [0.5, 0.6) is 0 Å². The smallest absolute Gasteiger partial charge is 0.240 e. The van der Waals surface area contributed by atoms with Crippen molar-refractivity contribution in [1.29, 1.82) is 0 Å². The van der Waals surface area contributed by atoms with Crippen LogP contribution >= 0.6 is 0 Å². The number of nitrogens with zero attached hydrogens (tertiary/aromatic N) is 1. The number of carbonyl (C=O) groups excluding carboxylic acids is 1. The van der Waals surface area contributed by atoms with E-state index >= 15 is 0 Å². The molecule has 1 aliphatic carbocycles. The summed E-state index contributed by atoms with van der Waals surface area (Å²) in [7, 11) is 0. The second-order valence-corrected chi connectivity index (χ2v) is 6.88. The number of likely N-dealkylation sites (tertiary alicyclic amines) is 1. The molecule has 19 heavy (non-hydrogen) atoms. The van der Waals surface area contributed by atoms with Gasteiger partial charge in [0, 0.05) is 17.9 Å². The maximum absolute atomic E-state index is 12.5. The Balaban J connectivity index is 1.96. The number of hydrogen-bond donors (Lipinski definition) is 0. The maximum atomic E-state index is 12.5. The van der Waals surface area contributed by atoms with Gasteiger partial charge in [-0.3, -0.25) is 9.69 Å². The molecule has 1 saturated carbocycles. The molecule has 2 bridgehead atoms. The first-order valence-corrected chi connectivity index (χ1v) is 7.77. The molecule has 0 aromatic rings. The summed E-state index contributed by atoms with van der Waals surface area (Å²) < 4.78 is 0. The number of amides is 1. The van der Waals surface area contributed by atoms with Crippen molar-refractivity contribution in [2.75, 3.05) is 0 Å². The molecule has 0 aromatic carbocycles. The van der Waals surface area contributed by atoms with E-state index in [-0.39, 0.29) is 16.7 Å². The largest absolute Gasteiger partial charge is 0.273 e. The average Bonchev–Trinajstić information content (AvgIpc) is 2.67. The Kier molecular flexibility index (Phi) is 3.95. The van der Waals surface area contributed by atoms with Crippen LogP contribution in [0.4, 0.5) is 0 Å². The molecular formula is C17H27NO. The number of piperidine rings is 1. The average molecular weight is 261 g/mol. The Bertz CT molecular complexity index is 415. The number of carbonyl (C=O) groups is 1. The highest BCUT2D eigenvalue weighted by molar-refractivity contribution is 5.89. The number of fused-ring (bicyclic) bond motifs is 2. The third-order valence-electron chi connectivity index (χ3n) is 5.53. The normalized spacial score (nSPS) is 31.5. The quantitative estimate of drug-likeness (QED) is 0.554. The van der Waals surface area contributed by atoms with E-state index in [0.717, 1.165) is 25.7 Å². The van der Waals surface area contributed by atoms with Crippen molar-refractivity contribution in [3.63, 3.8) is 0 Å². The van der Waals surface area contributed by atoms with Crippen molar-refractivity contribution >= 4 is 5.91 Å². The Morgan fingerprint density at radius 3 is 2.58 bits per heavy atom. The summed E-state index contributed by atoms with van der Waals surface area (Å²) in [6.45, 7) is 8.79. The Hall–Kier alpha value is -0.970. The van der Waals surface area contributed by atoms with Gasteiger partial charge in [0.1, 0.15) is 0 Å². The minimum absolute atomic E-state index is 0.0704. The monoisotopic (exact) mass is 261 g/mol. The lowest BCUT2D eigenvalue weighted by atomic mass is 9.70. The lowest BCUT2D eigenvalue weighted by molar-refractivity contribution is -0.136. The Morgan fingerprint density at radius 1 is 1.26 bits per heavy atom. The van der Waals surface area contributed by atoms with Crippen molar-refractivity contribution in [2.45, 2.75) is 78.7 Å². The molecule has 1 amide bonds. The van der Waals surface area contributed by atoms with Gasteiger partial charge < -0.3 is 0 Å². The molecule has 1 heterocycles. The van der Waals surface area contributed by atoms with Crippen molar-refractivity contribution in [2.24, 2.45) is 10.8 Å². The lowest BCUT2D eigenvalue weighted by Crippen LogP contribution is -2.36. The van der Waals surface area contributed by atoms with Crippen LogP contribution in [0.3, 0.4) is 0 Å². The predicted molar refractivity (Wildman–Crippen MR) is 78.3 cm³/mol. The number of hydrogen-bond acceptors (Lipinski definition) is 1. The molecule has 0 aromatic heterocycles. The summed E-state index contributed by atoms with van der Waals surface area (Å²) in [5.41, 5.74) is -0.116. The van der Waals surface area contributed by atoms with Crippen LogP contribution in [0.1, 0.15) is 72.6 Å². The zero-order chi connectivity index (χ0) is 14.1. The van der Waals surface area contributed by atoms with Gasteiger partial charge in [-0.15, -0.1) is 0 Å². The molecule has 0 radical (unpaired) electrons. The fraction of sp³-hybridized carbons (Fsp3) is 0.824. The fourth-order valence-corrected chi connectivity index (χ4v) is 3.63. The van der Waals surface area contributed by atoms with Crippen molar-refractivity contribution in [1.82, 2.24) is 4.90 Å². The van der Waals surface area contributed by atoms with E-state index < -0.39 is 0 Å². The second kappa shape index (κ2) is 5.19. The van der Waals surface area contributed by atoms with E-state index in [0.29, 0.717) is 6.04 Å². The summed E-state index contributed by atoms with van der Waals surface area (Å²) in [5.74, 6) is 3.47. The number of rotatable bonds is 4. The SMILES string of the molecule is CCCCCCC#CN1C(=O)[C@@]2(C)CC[C@@H]1C2(C)C. The first-order chi connectivity index (χ1) is 8.95. The first kappa shape index (κ1) is 14.4. The summed E-state index contributed by atoms with van der Waals surface area (Å²) in [6, 6.07) is 3.48. The summed E-state index contributed by atoms with van der Waals surface area (Å²) in [4.78, 5) is 14.3. The molecule has 2 fully saturated rings. The Labute approximate surface area is 117 Å². The molecule has 0 unspecified atom stereocenters.